The monoisotopic (exact) mass is 261 g/mol. The van der Waals surface area contributed by atoms with E-state index < -0.39 is 0 Å². The van der Waals surface area contributed by atoms with E-state index in [-0.39, 0.29) is 17.9 Å². The van der Waals surface area contributed by atoms with Gasteiger partial charge in [0.2, 0.25) is 5.91 Å². The molecule has 1 aromatic carbocycles. The second-order valence-electron chi connectivity index (χ2n) is 5.31. The fraction of sp³-hybridized carbons (Fsp3) is 0.562. The van der Waals surface area contributed by atoms with Crippen LogP contribution in [0.25, 0.3) is 0 Å². The van der Waals surface area contributed by atoms with Crippen LogP contribution in [0.15, 0.2) is 24.3 Å². The zero-order valence-electron chi connectivity index (χ0n) is 11.8. The number of benzene rings is 1. The number of amides is 1. The summed E-state index contributed by atoms with van der Waals surface area (Å²) < 4.78 is 5.34. The smallest absolute Gasteiger partial charge is 0.223 e. The molecule has 0 aromatic heterocycles. The van der Waals surface area contributed by atoms with Crippen molar-refractivity contribution in [2.45, 2.75) is 45.1 Å². The van der Waals surface area contributed by atoms with Crippen LogP contribution in [0.3, 0.4) is 0 Å². The van der Waals surface area contributed by atoms with Crippen LogP contribution in [0.1, 0.15) is 50.6 Å². The van der Waals surface area contributed by atoms with Crippen LogP contribution < -0.4 is 10.1 Å². The molecule has 0 bridgehead atoms. The first-order valence-corrected chi connectivity index (χ1v) is 7.15. The van der Waals surface area contributed by atoms with E-state index in [4.69, 9.17) is 4.74 Å². The lowest BCUT2D eigenvalue weighted by Crippen LogP contribution is -2.33. The summed E-state index contributed by atoms with van der Waals surface area (Å²) >= 11 is 0. The molecule has 0 aliphatic heterocycles. The first kappa shape index (κ1) is 13.9. The Morgan fingerprint density at radius 1 is 1.26 bits per heavy atom. The Bertz CT molecular complexity index is 425. The summed E-state index contributed by atoms with van der Waals surface area (Å²) in [6.45, 7) is 2.01. The van der Waals surface area contributed by atoms with Crippen molar-refractivity contribution in [3.8, 4) is 5.75 Å². The Morgan fingerprint density at radius 2 is 1.95 bits per heavy atom. The summed E-state index contributed by atoms with van der Waals surface area (Å²) in [5.41, 5.74) is 1.04. The van der Waals surface area contributed by atoms with Gasteiger partial charge in [-0.15, -0.1) is 0 Å². The molecule has 1 N–H and O–H groups in total. The van der Waals surface area contributed by atoms with E-state index in [0.29, 0.717) is 0 Å². The Hall–Kier alpha value is -1.51. The molecule has 1 fully saturated rings. The van der Waals surface area contributed by atoms with E-state index in [9.17, 15) is 4.79 Å². The first-order valence-electron chi connectivity index (χ1n) is 7.15. The average molecular weight is 261 g/mol. The SMILES string of the molecule is COc1ccccc1C(C)NC(=O)C1CCCCC1. The minimum atomic E-state index is -0.00873. The van der Waals surface area contributed by atoms with E-state index in [1.807, 2.05) is 31.2 Å². The number of hydrogen-bond donors (Lipinski definition) is 1. The summed E-state index contributed by atoms with van der Waals surface area (Å²) in [7, 11) is 1.66. The number of carbonyl (C=O) groups excluding carboxylic acids is 1. The molecule has 1 aromatic rings. The van der Waals surface area contributed by atoms with Crippen molar-refractivity contribution in [3.05, 3.63) is 29.8 Å². The van der Waals surface area contributed by atoms with Crippen molar-refractivity contribution in [1.29, 1.82) is 0 Å². The van der Waals surface area contributed by atoms with Gasteiger partial charge in [-0.3, -0.25) is 4.79 Å². The molecule has 3 heteroatoms. The molecule has 0 saturated heterocycles. The quantitative estimate of drug-likeness (QED) is 0.901. The van der Waals surface area contributed by atoms with Crippen molar-refractivity contribution >= 4 is 5.91 Å². The molecule has 1 atom stereocenters. The maximum Gasteiger partial charge on any atom is 0.223 e. The molecule has 19 heavy (non-hydrogen) atoms. The molecule has 0 radical (unpaired) electrons. The molecule has 3 nitrogen and oxygen atoms in total. The molecule has 0 spiro atoms. The number of ether oxygens (including phenoxy) is 1. The summed E-state index contributed by atoms with van der Waals surface area (Å²) in [5, 5.41) is 3.12. The van der Waals surface area contributed by atoms with E-state index in [2.05, 4.69) is 5.32 Å². The summed E-state index contributed by atoms with van der Waals surface area (Å²) in [6.07, 6.45) is 5.70. The van der Waals surface area contributed by atoms with Crippen LogP contribution in [0.4, 0.5) is 0 Å². The minimum Gasteiger partial charge on any atom is -0.496 e. The average Bonchev–Trinajstić information content (AvgIpc) is 2.48. The van der Waals surface area contributed by atoms with Crippen molar-refractivity contribution in [1.82, 2.24) is 5.32 Å². The van der Waals surface area contributed by atoms with Crippen molar-refractivity contribution in [2.24, 2.45) is 5.92 Å². The number of rotatable bonds is 4. The Morgan fingerprint density at radius 3 is 2.63 bits per heavy atom. The van der Waals surface area contributed by atoms with E-state index in [1.54, 1.807) is 7.11 Å². The van der Waals surface area contributed by atoms with Gasteiger partial charge < -0.3 is 10.1 Å². The van der Waals surface area contributed by atoms with Gasteiger partial charge in [-0.2, -0.15) is 0 Å². The second kappa shape index (κ2) is 6.60. The zero-order chi connectivity index (χ0) is 13.7. The van der Waals surface area contributed by atoms with Crippen LogP contribution in [0, 0.1) is 5.92 Å². The number of carbonyl (C=O) groups is 1. The first-order chi connectivity index (χ1) is 9.22. The zero-order valence-corrected chi connectivity index (χ0v) is 11.8. The lowest BCUT2D eigenvalue weighted by Gasteiger charge is -2.24. The molecular weight excluding hydrogens is 238 g/mol. The molecule has 1 amide bonds. The van der Waals surface area contributed by atoms with Crippen LogP contribution in [-0.2, 0) is 4.79 Å². The molecule has 1 saturated carbocycles. The Kier molecular flexibility index (Phi) is 4.83. The normalized spacial score (nSPS) is 17.8. The lowest BCUT2D eigenvalue weighted by atomic mass is 9.88. The van der Waals surface area contributed by atoms with Crippen LogP contribution in [0.5, 0.6) is 5.75 Å². The van der Waals surface area contributed by atoms with Crippen molar-refractivity contribution < 1.29 is 9.53 Å². The van der Waals surface area contributed by atoms with E-state index >= 15 is 0 Å². The van der Waals surface area contributed by atoms with Gasteiger partial charge in [0.25, 0.3) is 0 Å². The summed E-state index contributed by atoms with van der Waals surface area (Å²) in [5.74, 6) is 1.22. The largest absolute Gasteiger partial charge is 0.496 e. The molecule has 104 valence electrons. The summed E-state index contributed by atoms with van der Waals surface area (Å²) in [6, 6.07) is 7.84. The molecule has 1 unspecified atom stereocenters. The van der Waals surface area contributed by atoms with Gasteiger partial charge >= 0.3 is 0 Å². The highest BCUT2D eigenvalue weighted by atomic mass is 16.5. The molecular formula is C16H23NO2. The van der Waals surface area contributed by atoms with Gasteiger partial charge in [0, 0.05) is 11.5 Å². The predicted octanol–water partition coefficient (Wildman–Crippen LogP) is 3.45. The third-order valence-corrected chi connectivity index (χ3v) is 3.94. The minimum absolute atomic E-state index is 0.00873. The van der Waals surface area contributed by atoms with Crippen LogP contribution >= 0.6 is 0 Å². The van der Waals surface area contributed by atoms with Crippen molar-refractivity contribution in [2.75, 3.05) is 7.11 Å². The van der Waals surface area contributed by atoms with Crippen molar-refractivity contribution in [3.63, 3.8) is 0 Å². The van der Waals surface area contributed by atoms with Gasteiger partial charge in [0.1, 0.15) is 5.75 Å². The van der Waals surface area contributed by atoms with E-state index in [0.717, 1.165) is 24.2 Å². The van der Waals surface area contributed by atoms with Crippen LogP contribution in [0.2, 0.25) is 0 Å². The fourth-order valence-electron chi connectivity index (χ4n) is 2.80. The predicted molar refractivity (Wildman–Crippen MR) is 76.1 cm³/mol. The third kappa shape index (κ3) is 3.49. The second-order valence-corrected chi connectivity index (χ2v) is 5.31. The molecule has 0 heterocycles. The van der Waals surface area contributed by atoms with Crippen LogP contribution in [-0.4, -0.2) is 13.0 Å². The number of methoxy groups -OCH3 is 1. The number of para-hydroxylation sites is 1. The topological polar surface area (TPSA) is 38.3 Å². The maximum absolute atomic E-state index is 12.2. The molecule has 2 rings (SSSR count). The Balaban J connectivity index is 1.99. The third-order valence-electron chi connectivity index (χ3n) is 3.94. The van der Waals surface area contributed by atoms with Gasteiger partial charge in [-0.05, 0) is 25.8 Å². The van der Waals surface area contributed by atoms with Gasteiger partial charge in [0.15, 0.2) is 0 Å². The standard InChI is InChI=1S/C16H23NO2/c1-12(14-10-6-7-11-15(14)19-2)17-16(18)13-8-4-3-5-9-13/h6-7,10-13H,3-5,8-9H2,1-2H3,(H,17,18). The van der Waals surface area contributed by atoms with Gasteiger partial charge in [-0.25, -0.2) is 0 Å². The van der Waals surface area contributed by atoms with E-state index in [1.165, 1.54) is 19.3 Å². The number of nitrogens with one attached hydrogen (secondary N) is 1. The molecule has 1 aliphatic carbocycles. The van der Waals surface area contributed by atoms with Gasteiger partial charge in [0.05, 0.1) is 13.2 Å². The maximum atomic E-state index is 12.2. The number of hydrogen-bond acceptors (Lipinski definition) is 2. The molecule has 1 aliphatic rings. The van der Waals surface area contributed by atoms with Gasteiger partial charge in [-0.1, -0.05) is 37.5 Å². The Labute approximate surface area is 115 Å². The highest BCUT2D eigenvalue weighted by Crippen LogP contribution is 2.27. The highest BCUT2D eigenvalue weighted by Gasteiger charge is 2.23. The highest BCUT2D eigenvalue weighted by molar-refractivity contribution is 5.79. The lowest BCUT2D eigenvalue weighted by molar-refractivity contribution is -0.126. The fourth-order valence-corrected chi connectivity index (χ4v) is 2.80. The summed E-state index contributed by atoms with van der Waals surface area (Å²) in [4.78, 5) is 12.2.